The zero-order chi connectivity index (χ0) is 15.4. The van der Waals surface area contributed by atoms with Gasteiger partial charge in [0, 0.05) is 26.6 Å². The van der Waals surface area contributed by atoms with E-state index in [9.17, 15) is 14.4 Å². The minimum absolute atomic E-state index is 0.107. The molecule has 0 saturated carbocycles. The van der Waals surface area contributed by atoms with Gasteiger partial charge in [-0.25, -0.2) is 9.59 Å². The van der Waals surface area contributed by atoms with Crippen LogP contribution in [0.1, 0.15) is 12.8 Å². The Bertz CT molecular complexity index is 346. The molecule has 0 aromatic heterocycles. The number of carbonyl (C=O) groups excluding carboxylic acids is 2. The number of carboxylic acid groups (broad SMARTS) is 1. The second-order valence-corrected chi connectivity index (χ2v) is 3.91. The van der Waals surface area contributed by atoms with Crippen molar-refractivity contribution in [2.75, 3.05) is 26.8 Å². The van der Waals surface area contributed by atoms with Crippen molar-refractivity contribution in [3.05, 3.63) is 12.7 Å². The molecule has 0 fully saturated rings. The van der Waals surface area contributed by atoms with E-state index in [2.05, 4.69) is 22.5 Å². The van der Waals surface area contributed by atoms with Crippen LogP contribution in [0.15, 0.2) is 12.7 Å². The van der Waals surface area contributed by atoms with Crippen molar-refractivity contribution in [1.29, 1.82) is 0 Å². The second-order valence-electron chi connectivity index (χ2n) is 3.91. The molecule has 1 unspecified atom stereocenters. The van der Waals surface area contributed by atoms with Crippen molar-refractivity contribution in [2.45, 2.75) is 18.9 Å². The summed E-state index contributed by atoms with van der Waals surface area (Å²) in [6, 6.07) is -1.66. The van der Waals surface area contributed by atoms with E-state index in [0.717, 1.165) is 0 Å². The molecule has 0 heterocycles. The molecule has 0 spiro atoms. The standard InChI is InChI=1S/C12H21N3O5/c1-3-4-9(11(17)18)15-12(19)14-6-5-10(16)13-7-8-20-2/h3,9H,1,4-8H2,2H3,(H,13,16)(H,17,18)(H2,14,15,19). The van der Waals surface area contributed by atoms with Crippen LogP contribution in [0, 0.1) is 0 Å². The predicted molar refractivity (Wildman–Crippen MR) is 72.3 cm³/mol. The van der Waals surface area contributed by atoms with Gasteiger partial charge in [0.05, 0.1) is 6.61 Å². The Kier molecular flexibility index (Phi) is 9.67. The number of carbonyl (C=O) groups is 3. The van der Waals surface area contributed by atoms with Crippen molar-refractivity contribution in [3.63, 3.8) is 0 Å². The molecule has 8 nitrogen and oxygen atoms in total. The molecule has 0 aliphatic rings. The smallest absolute Gasteiger partial charge is 0.326 e. The number of carboxylic acids is 1. The molecule has 1 atom stereocenters. The maximum atomic E-state index is 11.4. The molecule has 0 rings (SSSR count). The molecule has 0 saturated heterocycles. The minimum atomic E-state index is -1.14. The highest BCUT2D eigenvalue weighted by Gasteiger charge is 2.17. The van der Waals surface area contributed by atoms with Crippen LogP contribution in [-0.2, 0) is 14.3 Å². The number of nitrogens with one attached hydrogen (secondary N) is 3. The monoisotopic (exact) mass is 287 g/mol. The second kappa shape index (κ2) is 10.8. The van der Waals surface area contributed by atoms with Crippen LogP contribution in [-0.4, -0.2) is 55.9 Å². The summed E-state index contributed by atoms with van der Waals surface area (Å²) in [5, 5.41) is 16.1. The van der Waals surface area contributed by atoms with E-state index in [1.54, 1.807) is 0 Å². The van der Waals surface area contributed by atoms with Gasteiger partial charge >= 0.3 is 12.0 Å². The van der Waals surface area contributed by atoms with Crippen molar-refractivity contribution in [2.24, 2.45) is 0 Å². The normalized spacial score (nSPS) is 11.2. The first kappa shape index (κ1) is 17.9. The summed E-state index contributed by atoms with van der Waals surface area (Å²) in [5.41, 5.74) is 0. The van der Waals surface area contributed by atoms with E-state index in [-0.39, 0.29) is 25.3 Å². The van der Waals surface area contributed by atoms with E-state index < -0.39 is 18.0 Å². The van der Waals surface area contributed by atoms with Gasteiger partial charge in [-0.05, 0) is 6.42 Å². The van der Waals surface area contributed by atoms with Crippen LogP contribution in [0.2, 0.25) is 0 Å². The Labute approximate surface area is 117 Å². The molecule has 3 amide bonds. The Morgan fingerprint density at radius 1 is 1.30 bits per heavy atom. The molecule has 0 radical (unpaired) electrons. The van der Waals surface area contributed by atoms with Crippen LogP contribution in [0.4, 0.5) is 4.79 Å². The first-order valence-electron chi connectivity index (χ1n) is 6.15. The number of aliphatic carboxylic acids is 1. The SMILES string of the molecule is C=CCC(NC(=O)NCCC(=O)NCCOC)C(=O)O. The number of hydrogen-bond donors (Lipinski definition) is 4. The molecule has 4 N–H and O–H groups in total. The van der Waals surface area contributed by atoms with Crippen LogP contribution < -0.4 is 16.0 Å². The summed E-state index contributed by atoms with van der Waals surface area (Å²) >= 11 is 0. The fourth-order valence-corrected chi connectivity index (χ4v) is 1.27. The summed E-state index contributed by atoms with van der Waals surface area (Å²) in [4.78, 5) is 33.5. The zero-order valence-corrected chi connectivity index (χ0v) is 11.5. The van der Waals surface area contributed by atoms with Gasteiger partial charge in [0.25, 0.3) is 0 Å². The van der Waals surface area contributed by atoms with E-state index >= 15 is 0 Å². The van der Waals surface area contributed by atoms with Crippen molar-refractivity contribution >= 4 is 17.9 Å². The molecule has 0 aliphatic carbocycles. The summed E-state index contributed by atoms with van der Waals surface area (Å²) < 4.78 is 4.77. The van der Waals surface area contributed by atoms with E-state index in [0.29, 0.717) is 13.2 Å². The molecular formula is C12H21N3O5. The predicted octanol–water partition coefficient (Wildman–Crippen LogP) is -0.532. The lowest BCUT2D eigenvalue weighted by Gasteiger charge is -2.13. The van der Waals surface area contributed by atoms with Gasteiger partial charge in [-0.3, -0.25) is 4.79 Å². The Hall–Kier alpha value is -2.09. The van der Waals surface area contributed by atoms with Crippen LogP contribution in [0.25, 0.3) is 0 Å². The number of amides is 3. The highest BCUT2D eigenvalue weighted by atomic mass is 16.5. The summed E-state index contributed by atoms with van der Waals surface area (Å²) in [6.45, 7) is 4.35. The van der Waals surface area contributed by atoms with Gasteiger partial charge in [-0.2, -0.15) is 0 Å². The first-order chi connectivity index (χ1) is 9.51. The quantitative estimate of drug-likeness (QED) is 0.318. The number of methoxy groups -OCH3 is 1. The number of rotatable bonds is 10. The van der Waals surface area contributed by atoms with Crippen LogP contribution in [0.3, 0.4) is 0 Å². The van der Waals surface area contributed by atoms with Gasteiger partial charge in [-0.15, -0.1) is 6.58 Å². The molecular weight excluding hydrogens is 266 g/mol. The molecule has 0 aliphatic heterocycles. The molecule has 0 aromatic carbocycles. The van der Waals surface area contributed by atoms with E-state index in [1.165, 1.54) is 13.2 Å². The zero-order valence-electron chi connectivity index (χ0n) is 11.5. The number of ether oxygens (including phenoxy) is 1. The maximum Gasteiger partial charge on any atom is 0.326 e. The minimum Gasteiger partial charge on any atom is -0.480 e. The molecule has 114 valence electrons. The van der Waals surface area contributed by atoms with Gasteiger partial charge in [-0.1, -0.05) is 6.08 Å². The fourth-order valence-electron chi connectivity index (χ4n) is 1.27. The summed E-state index contributed by atoms with van der Waals surface area (Å²) in [5.74, 6) is -1.36. The van der Waals surface area contributed by atoms with Crippen LogP contribution in [0.5, 0.6) is 0 Å². The topological polar surface area (TPSA) is 117 Å². The molecule has 0 aromatic rings. The molecule has 20 heavy (non-hydrogen) atoms. The Morgan fingerprint density at radius 2 is 2.00 bits per heavy atom. The van der Waals surface area contributed by atoms with Crippen molar-refractivity contribution < 1.29 is 24.2 Å². The highest BCUT2D eigenvalue weighted by Crippen LogP contribution is 1.92. The molecule has 0 bridgehead atoms. The highest BCUT2D eigenvalue weighted by molar-refractivity contribution is 5.83. The molecule has 8 heteroatoms. The summed E-state index contributed by atoms with van der Waals surface area (Å²) in [7, 11) is 1.53. The lowest BCUT2D eigenvalue weighted by atomic mass is 10.2. The number of urea groups is 1. The van der Waals surface area contributed by atoms with Gasteiger partial charge in [0.2, 0.25) is 5.91 Å². The average molecular weight is 287 g/mol. The average Bonchev–Trinajstić information content (AvgIpc) is 2.38. The lowest BCUT2D eigenvalue weighted by molar-refractivity contribution is -0.139. The third kappa shape index (κ3) is 8.92. The van der Waals surface area contributed by atoms with Gasteiger partial charge in [0.15, 0.2) is 0 Å². The number of hydrogen-bond acceptors (Lipinski definition) is 4. The van der Waals surface area contributed by atoms with Gasteiger partial charge in [0.1, 0.15) is 6.04 Å². The summed E-state index contributed by atoms with van der Waals surface area (Å²) in [6.07, 6.45) is 1.64. The Morgan fingerprint density at radius 3 is 2.55 bits per heavy atom. The third-order valence-corrected chi connectivity index (χ3v) is 2.27. The van der Waals surface area contributed by atoms with E-state index in [4.69, 9.17) is 9.84 Å². The largest absolute Gasteiger partial charge is 0.480 e. The third-order valence-electron chi connectivity index (χ3n) is 2.27. The van der Waals surface area contributed by atoms with Crippen molar-refractivity contribution in [3.8, 4) is 0 Å². The van der Waals surface area contributed by atoms with E-state index in [1.807, 2.05) is 0 Å². The van der Waals surface area contributed by atoms with Crippen LogP contribution >= 0.6 is 0 Å². The van der Waals surface area contributed by atoms with Crippen molar-refractivity contribution in [1.82, 2.24) is 16.0 Å². The first-order valence-corrected chi connectivity index (χ1v) is 6.15. The Balaban J connectivity index is 3.84. The maximum absolute atomic E-state index is 11.4. The fraction of sp³-hybridized carbons (Fsp3) is 0.583. The van der Waals surface area contributed by atoms with Gasteiger partial charge < -0.3 is 25.8 Å². The lowest BCUT2D eigenvalue weighted by Crippen LogP contribution is -2.46.